The Labute approximate surface area is 182 Å². The molecule has 0 amide bonds. The molecule has 9 heteroatoms. The van der Waals surface area contributed by atoms with Crippen molar-refractivity contribution in [2.75, 3.05) is 0 Å². The molecule has 0 bridgehead atoms. The number of fused-ring (bicyclic) bond motifs is 1. The maximum Gasteiger partial charge on any atom is 0.290 e. The molecule has 0 atom stereocenters. The van der Waals surface area contributed by atoms with E-state index in [-0.39, 0.29) is 16.4 Å². The van der Waals surface area contributed by atoms with Gasteiger partial charge in [-0.05, 0) is 62.2 Å². The van der Waals surface area contributed by atoms with Crippen LogP contribution in [0, 0.1) is 23.8 Å². The van der Waals surface area contributed by atoms with Crippen molar-refractivity contribution < 1.29 is 26.7 Å². The van der Waals surface area contributed by atoms with Gasteiger partial charge in [-0.1, -0.05) is 0 Å². The first-order valence-corrected chi connectivity index (χ1v) is 11.5. The van der Waals surface area contributed by atoms with Crippen molar-refractivity contribution in [2.24, 2.45) is 0 Å². The minimum absolute atomic E-state index is 0.127. The Balaban J connectivity index is 1.73. The molecule has 1 N–H and O–H groups in total. The smallest absolute Gasteiger partial charge is 0.290 e. The second kappa shape index (κ2) is 7.30. The molecule has 2 aromatic heterocycles. The van der Waals surface area contributed by atoms with Crippen molar-refractivity contribution in [2.45, 2.75) is 29.9 Å². The lowest BCUT2D eigenvalue weighted by molar-refractivity contribution is -0.586. The van der Waals surface area contributed by atoms with Crippen LogP contribution in [0.2, 0.25) is 0 Å². The number of aryl methyl sites for hydroxylation is 1. The Morgan fingerprint density at radius 1 is 1.03 bits per heavy atom. The molecule has 2 heterocycles. The van der Waals surface area contributed by atoms with Crippen molar-refractivity contribution >= 4 is 20.9 Å². The molecule has 0 spiro atoms. The molecule has 1 fully saturated rings. The van der Waals surface area contributed by atoms with Crippen LogP contribution in [0.15, 0.2) is 59.6 Å². The number of pyridine rings is 1. The molecular formula is C23H18F2N2O4S. The van der Waals surface area contributed by atoms with Crippen molar-refractivity contribution in [3.8, 4) is 22.6 Å². The first-order valence-electron chi connectivity index (χ1n) is 9.97. The third-order valence-electron chi connectivity index (χ3n) is 5.54. The van der Waals surface area contributed by atoms with Gasteiger partial charge in [0.05, 0.1) is 21.7 Å². The van der Waals surface area contributed by atoms with Gasteiger partial charge < -0.3 is 9.94 Å². The summed E-state index contributed by atoms with van der Waals surface area (Å²) in [4.78, 5) is 3.01. The topological polar surface area (TPSA) is 86.1 Å². The van der Waals surface area contributed by atoms with Crippen LogP contribution in [0.25, 0.3) is 22.2 Å². The highest BCUT2D eigenvalue weighted by molar-refractivity contribution is 7.92. The molecule has 0 unspecified atom stereocenters. The highest BCUT2D eigenvalue weighted by atomic mass is 32.2. The van der Waals surface area contributed by atoms with E-state index in [1.807, 2.05) is 0 Å². The number of nitrogens with zero attached hydrogens (tertiary/aromatic N) is 1. The molecule has 1 aliphatic rings. The van der Waals surface area contributed by atoms with Gasteiger partial charge in [0, 0.05) is 17.2 Å². The summed E-state index contributed by atoms with van der Waals surface area (Å²) in [5.41, 5.74) is 1.61. The first-order chi connectivity index (χ1) is 15.3. The lowest BCUT2D eigenvalue weighted by Crippen LogP contribution is -2.31. The van der Waals surface area contributed by atoms with Gasteiger partial charge in [-0.15, -0.1) is 0 Å². The summed E-state index contributed by atoms with van der Waals surface area (Å²) in [6, 6.07) is 10.6. The molecular weight excluding hydrogens is 438 g/mol. The molecule has 4 aromatic rings. The number of nitrogens with one attached hydrogen (secondary N) is 1. The number of benzene rings is 2. The average molecular weight is 456 g/mol. The van der Waals surface area contributed by atoms with Crippen molar-refractivity contribution in [1.82, 2.24) is 4.98 Å². The Morgan fingerprint density at radius 3 is 2.50 bits per heavy atom. The molecule has 0 aliphatic heterocycles. The summed E-state index contributed by atoms with van der Waals surface area (Å²) in [6.07, 6.45) is 2.83. The molecule has 1 saturated carbocycles. The van der Waals surface area contributed by atoms with Gasteiger partial charge in [0.15, 0.2) is 21.4 Å². The van der Waals surface area contributed by atoms with Gasteiger partial charge in [0.2, 0.25) is 0 Å². The minimum Gasteiger partial charge on any atom is -0.710 e. The predicted octanol–water partition coefficient (Wildman–Crippen LogP) is 4.78. The maximum absolute atomic E-state index is 14.3. The van der Waals surface area contributed by atoms with Crippen LogP contribution in [-0.2, 0) is 9.84 Å². The second-order valence-electron chi connectivity index (χ2n) is 7.81. The number of ether oxygens (including phenoxy) is 1. The number of aromatic nitrogens is 2. The molecule has 32 heavy (non-hydrogen) atoms. The van der Waals surface area contributed by atoms with Gasteiger partial charge in [0.1, 0.15) is 17.3 Å². The zero-order valence-corrected chi connectivity index (χ0v) is 17.7. The summed E-state index contributed by atoms with van der Waals surface area (Å²) in [6.45, 7) is 1.63. The van der Waals surface area contributed by atoms with Crippen LogP contribution >= 0.6 is 0 Å². The van der Waals surface area contributed by atoms with Crippen LogP contribution in [0.3, 0.4) is 0 Å². The average Bonchev–Trinajstić information content (AvgIpc) is 3.51. The fraction of sp³-hybridized carbons (Fsp3) is 0.174. The van der Waals surface area contributed by atoms with Crippen LogP contribution in [-0.4, -0.2) is 18.7 Å². The quantitative estimate of drug-likeness (QED) is 0.346. The molecule has 1 aliphatic carbocycles. The monoisotopic (exact) mass is 456 g/mol. The zero-order valence-electron chi connectivity index (χ0n) is 16.9. The number of aromatic amines is 1. The normalized spacial score (nSPS) is 14.1. The molecule has 6 nitrogen and oxygen atoms in total. The predicted molar refractivity (Wildman–Crippen MR) is 114 cm³/mol. The Kier molecular flexibility index (Phi) is 4.67. The lowest BCUT2D eigenvalue weighted by atomic mass is 10.0. The minimum atomic E-state index is -3.51. The van der Waals surface area contributed by atoms with E-state index in [1.165, 1.54) is 18.2 Å². The van der Waals surface area contributed by atoms with E-state index in [4.69, 9.17) is 4.74 Å². The van der Waals surface area contributed by atoms with E-state index in [1.54, 1.807) is 25.3 Å². The summed E-state index contributed by atoms with van der Waals surface area (Å²) in [5.74, 6) is -1.66. The van der Waals surface area contributed by atoms with Gasteiger partial charge in [-0.3, -0.25) is 0 Å². The zero-order chi connectivity index (χ0) is 22.6. The van der Waals surface area contributed by atoms with Crippen molar-refractivity contribution in [1.29, 1.82) is 0 Å². The third kappa shape index (κ3) is 3.38. The molecule has 2 aromatic carbocycles. The number of hydrogen-bond acceptors (Lipinski definition) is 4. The SMILES string of the molecule is Cc1cc(-c2cc(S(=O)(=O)C3CC3)ccc2Oc2ccc(F)cc2F)c2cc[nH]c2[n+]1[O-]. The molecule has 164 valence electrons. The van der Waals surface area contributed by atoms with E-state index < -0.39 is 26.7 Å². The van der Waals surface area contributed by atoms with E-state index >= 15 is 0 Å². The maximum atomic E-state index is 14.3. The van der Waals surface area contributed by atoms with E-state index in [0.717, 1.165) is 16.9 Å². The van der Waals surface area contributed by atoms with Crippen LogP contribution in [0.5, 0.6) is 11.5 Å². The van der Waals surface area contributed by atoms with Gasteiger partial charge >= 0.3 is 0 Å². The standard InChI is InChI=1S/C23H18F2N2O4S/c1-13-10-18(17-8-9-26-23(17)27(13)28)19-12-16(32(29,30)15-3-4-15)5-7-21(19)31-22-6-2-14(24)11-20(22)25/h2,5-12,15,26H,3-4H2,1H3. The fourth-order valence-electron chi connectivity index (χ4n) is 3.72. The molecule has 0 saturated heterocycles. The number of sulfone groups is 1. The van der Waals surface area contributed by atoms with Gasteiger partial charge in [0.25, 0.3) is 5.65 Å². The van der Waals surface area contributed by atoms with E-state index in [2.05, 4.69) is 4.98 Å². The number of hydrogen-bond donors (Lipinski definition) is 1. The second-order valence-corrected chi connectivity index (χ2v) is 10.0. The Morgan fingerprint density at radius 2 is 1.78 bits per heavy atom. The Bertz CT molecular complexity index is 1480. The van der Waals surface area contributed by atoms with E-state index in [9.17, 15) is 22.4 Å². The largest absolute Gasteiger partial charge is 0.710 e. The van der Waals surface area contributed by atoms with Crippen LogP contribution < -0.4 is 9.47 Å². The number of rotatable bonds is 5. The van der Waals surface area contributed by atoms with Gasteiger partial charge in [-0.2, -0.15) is 0 Å². The van der Waals surface area contributed by atoms with Crippen LogP contribution in [0.4, 0.5) is 8.78 Å². The Hall–Kier alpha value is -3.46. The lowest BCUT2D eigenvalue weighted by Gasteiger charge is -2.16. The highest BCUT2D eigenvalue weighted by Gasteiger charge is 2.37. The first kappa shape index (κ1) is 20.4. The number of H-pyrrole nitrogens is 1. The summed E-state index contributed by atoms with van der Waals surface area (Å²) < 4.78 is 59.8. The fourth-order valence-corrected chi connectivity index (χ4v) is 5.40. The van der Waals surface area contributed by atoms with Crippen molar-refractivity contribution in [3.05, 3.63) is 77.3 Å². The summed E-state index contributed by atoms with van der Waals surface area (Å²) in [7, 11) is -3.51. The highest BCUT2D eigenvalue weighted by Crippen LogP contribution is 2.41. The van der Waals surface area contributed by atoms with Gasteiger partial charge in [-0.25, -0.2) is 26.9 Å². The third-order valence-corrected chi connectivity index (χ3v) is 7.80. The molecule has 5 rings (SSSR count). The van der Waals surface area contributed by atoms with E-state index in [0.29, 0.717) is 46.8 Å². The van der Waals surface area contributed by atoms with Crippen LogP contribution in [0.1, 0.15) is 18.5 Å². The van der Waals surface area contributed by atoms with Crippen molar-refractivity contribution in [3.63, 3.8) is 0 Å². The summed E-state index contributed by atoms with van der Waals surface area (Å²) >= 11 is 0. The molecule has 0 radical (unpaired) electrons. The number of halogens is 2. The summed E-state index contributed by atoms with van der Waals surface area (Å²) in [5, 5.41) is 12.6.